The number of unbranched alkanes of at least 4 members (excludes halogenated alkanes) is 1. The predicted molar refractivity (Wildman–Crippen MR) is 102 cm³/mol. The van der Waals surface area contributed by atoms with E-state index in [4.69, 9.17) is 9.88 Å². The Bertz CT molecular complexity index is 891. The molecule has 0 unspecified atom stereocenters. The number of carbonyl (C=O) groups excluding carboxylic acids is 2. The summed E-state index contributed by atoms with van der Waals surface area (Å²) in [4.78, 5) is 23.8. The highest BCUT2D eigenvalue weighted by atomic mass is 32.2. The molecule has 2 rings (SSSR count). The Labute approximate surface area is 158 Å². The molecule has 8 heteroatoms. The molecule has 0 fully saturated rings. The molecule has 0 spiro atoms. The summed E-state index contributed by atoms with van der Waals surface area (Å²) in [6.45, 7) is 1.67. The van der Waals surface area contributed by atoms with Crippen LogP contribution in [0.2, 0.25) is 0 Å². The fourth-order valence-corrected chi connectivity index (χ4v) is 2.84. The van der Waals surface area contributed by atoms with Gasteiger partial charge in [-0.15, -0.1) is 0 Å². The van der Waals surface area contributed by atoms with Crippen molar-refractivity contribution in [2.24, 2.45) is 5.14 Å². The molecular weight excluding hydrogens is 368 g/mol. The lowest BCUT2D eigenvalue weighted by atomic mass is 10.1. The molecule has 0 aliphatic carbocycles. The van der Waals surface area contributed by atoms with Gasteiger partial charge >= 0.3 is 5.97 Å². The summed E-state index contributed by atoms with van der Waals surface area (Å²) in [5.74, 6) is -1.12. The first-order chi connectivity index (χ1) is 12.8. The number of nitrogens with one attached hydrogen (secondary N) is 1. The van der Waals surface area contributed by atoms with E-state index in [-0.39, 0.29) is 4.90 Å². The van der Waals surface area contributed by atoms with Crippen LogP contribution in [0.15, 0.2) is 53.4 Å². The van der Waals surface area contributed by atoms with Crippen molar-refractivity contribution in [2.75, 3.05) is 11.9 Å². The first-order valence-electron chi connectivity index (χ1n) is 8.48. The lowest BCUT2D eigenvalue weighted by Gasteiger charge is -2.08. The second-order valence-electron chi connectivity index (χ2n) is 5.99. The summed E-state index contributed by atoms with van der Waals surface area (Å²) in [6.07, 6.45) is 3.14. The molecule has 27 heavy (non-hydrogen) atoms. The number of sulfonamides is 1. The summed E-state index contributed by atoms with van der Waals surface area (Å²) in [6, 6.07) is 12.4. The Balaban J connectivity index is 1.85. The van der Waals surface area contributed by atoms with Gasteiger partial charge in [0, 0.05) is 5.69 Å². The number of ether oxygens (including phenoxy) is 1. The molecule has 0 saturated heterocycles. The summed E-state index contributed by atoms with van der Waals surface area (Å²) >= 11 is 0. The Kier molecular flexibility index (Phi) is 7.09. The number of primary sulfonamides is 1. The van der Waals surface area contributed by atoms with Gasteiger partial charge in [-0.2, -0.15) is 0 Å². The number of rotatable bonds is 8. The third kappa shape index (κ3) is 6.50. The summed E-state index contributed by atoms with van der Waals surface area (Å²) in [7, 11) is -3.79. The molecule has 2 aromatic carbocycles. The van der Waals surface area contributed by atoms with Gasteiger partial charge in [0.05, 0.1) is 10.5 Å². The van der Waals surface area contributed by atoms with Crippen molar-refractivity contribution in [1.29, 1.82) is 0 Å². The fraction of sp³-hybridized carbons (Fsp3) is 0.263. The molecule has 0 atom stereocenters. The van der Waals surface area contributed by atoms with Crippen molar-refractivity contribution in [1.82, 2.24) is 0 Å². The molecule has 0 aliphatic rings. The zero-order chi connectivity index (χ0) is 19.9. The predicted octanol–water partition coefficient (Wildman–Crippen LogP) is 2.47. The van der Waals surface area contributed by atoms with Crippen LogP contribution in [0.1, 0.15) is 35.7 Å². The van der Waals surface area contributed by atoms with Crippen LogP contribution in [-0.4, -0.2) is 26.9 Å². The molecule has 0 aromatic heterocycles. The lowest BCUT2D eigenvalue weighted by molar-refractivity contribution is -0.119. The molecule has 2 aromatic rings. The SMILES string of the molecule is CCCCc1ccc(C(=O)OCC(=O)Nc2ccc(S(N)(=O)=O)cc2)cc1. The fourth-order valence-electron chi connectivity index (χ4n) is 2.33. The Morgan fingerprint density at radius 2 is 1.67 bits per heavy atom. The van der Waals surface area contributed by atoms with Crippen LogP contribution in [0.5, 0.6) is 0 Å². The second-order valence-corrected chi connectivity index (χ2v) is 7.56. The highest BCUT2D eigenvalue weighted by molar-refractivity contribution is 7.89. The highest BCUT2D eigenvalue weighted by Crippen LogP contribution is 2.13. The first kappa shape index (κ1) is 20.6. The summed E-state index contributed by atoms with van der Waals surface area (Å²) in [5, 5.41) is 7.51. The van der Waals surface area contributed by atoms with E-state index in [1.807, 2.05) is 12.1 Å². The maximum absolute atomic E-state index is 12.0. The van der Waals surface area contributed by atoms with E-state index >= 15 is 0 Å². The zero-order valence-corrected chi connectivity index (χ0v) is 15.8. The normalized spacial score (nSPS) is 11.0. The van der Waals surface area contributed by atoms with Crippen molar-refractivity contribution in [3.63, 3.8) is 0 Å². The smallest absolute Gasteiger partial charge is 0.338 e. The van der Waals surface area contributed by atoms with Crippen LogP contribution in [0.4, 0.5) is 5.69 Å². The van der Waals surface area contributed by atoms with E-state index in [1.165, 1.54) is 24.3 Å². The largest absolute Gasteiger partial charge is 0.452 e. The Morgan fingerprint density at radius 3 is 2.22 bits per heavy atom. The monoisotopic (exact) mass is 390 g/mol. The standard InChI is InChI=1S/C19H22N2O5S/c1-2-3-4-14-5-7-15(8-6-14)19(23)26-13-18(22)21-16-9-11-17(12-10-16)27(20,24)25/h5-12H,2-4,13H2,1H3,(H,21,22)(H2,20,24,25). The minimum Gasteiger partial charge on any atom is -0.452 e. The Morgan fingerprint density at radius 1 is 1.04 bits per heavy atom. The number of nitrogens with two attached hydrogens (primary N) is 1. The number of esters is 1. The van der Waals surface area contributed by atoms with Gasteiger partial charge in [0.15, 0.2) is 6.61 Å². The van der Waals surface area contributed by atoms with Crippen LogP contribution in [0, 0.1) is 0 Å². The molecule has 7 nitrogen and oxygen atoms in total. The third-order valence-corrected chi connectivity index (χ3v) is 4.74. The Hall–Kier alpha value is -2.71. The van der Waals surface area contributed by atoms with Crippen molar-refractivity contribution < 1.29 is 22.7 Å². The van der Waals surface area contributed by atoms with Gasteiger partial charge in [0.1, 0.15) is 0 Å². The quantitative estimate of drug-likeness (QED) is 0.672. The van der Waals surface area contributed by atoms with Gasteiger partial charge in [-0.05, 0) is 54.8 Å². The molecule has 1 amide bonds. The van der Waals surface area contributed by atoms with E-state index in [2.05, 4.69) is 12.2 Å². The third-order valence-electron chi connectivity index (χ3n) is 3.81. The maximum Gasteiger partial charge on any atom is 0.338 e. The van der Waals surface area contributed by atoms with Crippen molar-refractivity contribution in [3.8, 4) is 0 Å². The minimum atomic E-state index is -3.79. The summed E-state index contributed by atoms with van der Waals surface area (Å²) in [5.41, 5.74) is 1.89. The van der Waals surface area contributed by atoms with E-state index < -0.39 is 28.5 Å². The van der Waals surface area contributed by atoms with Gasteiger partial charge in [-0.1, -0.05) is 25.5 Å². The topological polar surface area (TPSA) is 116 Å². The number of anilines is 1. The molecule has 144 valence electrons. The van der Waals surface area contributed by atoms with Crippen LogP contribution in [0.25, 0.3) is 0 Å². The van der Waals surface area contributed by atoms with Crippen molar-refractivity contribution in [2.45, 2.75) is 31.1 Å². The number of carbonyl (C=O) groups is 2. The number of hydrogen-bond acceptors (Lipinski definition) is 5. The minimum absolute atomic E-state index is 0.0608. The van der Waals surface area contributed by atoms with Crippen LogP contribution in [-0.2, 0) is 26.0 Å². The molecule has 0 bridgehead atoms. The van der Waals surface area contributed by atoms with E-state index in [1.54, 1.807) is 12.1 Å². The van der Waals surface area contributed by atoms with E-state index in [0.717, 1.165) is 24.8 Å². The number of aryl methyl sites for hydroxylation is 1. The molecule has 0 aliphatic heterocycles. The van der Waals surface area contributed by atoms with Crippen LogP contribution >= 0.6 is 0 Å². The number of amides is 1. The van der Waals surface area contributed by atoms with Crippen molar-refractivity contribution in [3.05, 3.63) is 59.7 Å². The maximum atomic E-state index is 12.0. The van der Waals surface area contributed by atoms with Gasteiger partial charge in [-0.25, -0.2) is 18.4 Å². The first-order valence-corrected chi connectivity index (χ1v) is 10.0. The number of hydrogen-bond donors (Lipinski definition) is 2. The van der Waals surface area contributed by atoms with Gasteiger partial charge < -0.3 is 10.1 Å². The van der Waals surface area contributed by atoms with Crippen LogP contribution < -0.4 is 10.5 Å². The molecular formula is C19H22N2O5S. The van der Waals surface area contributed by atoms with Gasteiger partial charge in [0.25, 0.3) is 5.91 Å². The lowest BCUT2D eigenvalue weighted by Crippen LogP contribution is -2.21. The average Bonchev–Trinajstić information content (AvgIpc) is 2.64. The zero-order valence-electron chi connectivity index (χ0n) is 15.0. The van der Waals surface area contributed by atoms with Gasteiger partial charge in [-0.3, -0.25) is 4.79 Å². The molecule has 0 saturated carbocycles. The van der Waals surface area contributed by atoms with Crippen molar-refractivity contribution >= 4 is 27.6 Å². The molecule has 3 N–H and O–H groups in total. The average molecular weight is 390 g/mol. The number of benzene rings is 2. The molecule has 0 heterocycles. The van der Waals surface area contributed by atoms with E-state index in [9.17, 15) is 18.0 Å². The van der Waals surface area contributed by atoms with E-state index in [0.29, 0.717) is 11.3 Å². The highest BCUT2D eigenvalue weighted by Gasteiger charge is 2.11. The second kappa shape index (κ2) is 9.29. The molecule has 0 radical (unpaired) electrons. The summed E-state index contributed by atoms with van der Waals surface area (Å²) < 4.78 is 27.4. The van der Waals surface area contributed by atoms with Crippen LogP contribution in [0.3, 0.4) is 0 Å². The van der Waals surface area contributed by atoms with Gasteiger partial charge in [0.2, 0.25) is 10.0 Å².